The van der Waals surface area contributed by atoms with Crippen LogP contribution in [0.3, 0.4) is 0 Å². The molecule has 0 fully saturated rings. The van der Waals surface area contributed by atoms with Gasteiger partial charge in [0.1, 0.15) is 21.7 Å². The van der Waals surface area contributed by atoms with Gasteiger partial charge in [0.15, 0.2) is 0 Å². The Morgan fingerprint density at radius 1 is 1.26 bits per heavy atom. The topological polar surface area (TPSA) is 64.7 Å². The van der Waals surface area contributed by atoms with Gasteiger partial charge in [0.05, 0.1) is 5.02 Å². The average molecular weight is 295 g/mol. The fraction of sp³-hybridized carbons (Fsp3) is 0.308. The van der Waals surface area contributed by atoms with Crippen molar-refractivity contribution >= 4 is 29.2 Å². The summed E-state index contributed by atoms with van der Waals surface area (Å²) in [6.45, 7) is 6.00. The van der Waals surface area contributed by atoms with E-state index < -0.39 is 0 Å². The van der Waals surface area contributed by atoms with Crippen molar-refractivity contribution in [3.63, 3.8) is 0 Å². The minimum Gasteiger partial charge on any atom is -0.383 e. The van der Waals surface area contributed by atoms with Crippen LogP contribution in [0.25, 0.3) is 0 Å². The number of hydrogen-bond donors (Lipinski definition) is 1. The standard InChI is InChI=1S/C13H15ClN4S/c1-7(2)12-17-11(15)8(3)13(18-12)19-10-5-4-9(14)6-16-10/h4-7H,1-3H3,(H2,15,17,18). The van der Waals surface area contributed by atoms with Crippen LogP contribution in [0.1, 0.15) is 31.2 Å². The second kappa shape index (κ2) is 5.75. The number of hydrogen-bond acceptors (Lipinski definition) is 5. The molecule has 4 nitrogen and oxygen atoms in total. The lowest BCUT2D eigenvalue weighted by Gasteiger charge is -2.11. The van der Waals surface area contributed by atoms with Crippen LogP contribution in [0.4, 0.5) is 5.82 Å². The Balaban J connectivity index is 2.36. The highest BCUT2D eigenvalue weighted by Crippen LogP contribution is 2.30. The Morgan fingerprint density at radius 3 is 2.58 bits per heavy atom. The average Bonchev–Trinajstić information content (AvgIpc) is 2.37. The lowest BCUT2D eigenvalue weighted by molar-refractivity contribution is 0.751. The summed E-state index contributed by atoms with van der Waals surface area (Å²) in [5.41, 5.74) is 6.81. The third-order valence-corrected chi connectivity index (χ3v) is 3.84. The summed E-state index contributed by atoms with van der Waals surface area (Å²) < 4.78 is 0. The number of pyridine rings is 1. The Kier molecular flexibility index (Phi) is 4.27. The van der Waals surface area contributed by atoms with Gasteiger partial charge in [-0.2, -0.15) is 0 Å². The summed E-state index contributed by atoms with van der Waals surface area (Å²) in [5.74, 6) is 1.51. The van der Waals surface area contributed by atoms with Gasteiger partial charge in [0.2, 0.25) is 0 Å². The van der Waals surface area contributed by atoms with Crippen LogP contribution in [0.15, 0.2) is 28.4 Å². The van der Waals surface area contributed by atoms with Crippen molar-refractivity contribution in [1.29, 1.82) is 0 Å². The molecule has 2 aromatic rings. The summed E-state index contributed by atoms with van der Waals surface area (Å²) in [6, 6.07) is 3.67. The number of nitrogen functional groups attached to an aromatic ring is 1. The number of rotatable bonds is 3. The number of anilines is 1. The van der Waals surface area contributed by atoms with Crippen LogP contribution in [-0.2, 0) is 0 Å². The first-order valence-electron chi connectivity index (χ1n) is 5.90. The van der Waals surface area contributed by atoms with Gasteiger partial charge >= 0.3 is 0 Å². The van der Waals surface area contributed by atoms with E-state index in [1.54, 1.807) is 12.3 Å². The van der Waals surface area contributed by atoms with E-state index in [-0.39, 0.29) is 5.92 Å². The summed E-state index contributed by atoms with van der Waals surface area (Å²) in [6.07, 6.45) is 1.62. The molecule has 0 saturated carbocycles. The molecule has 0 spiro atoms. The fourth-order valence-corrected chi connectivity index (χ4v) is 2.36. The molecule has 0 aliphatic rings. The molecule has 100 valence electrons. The molecular formula is C13H15ClN4S. The van der Waals surface area contributed by atoms with Gasteiger partial charge in [-0.3, -0.25) is 0 Å². The van der Waals surface area contributed by atoms with Gasteiger partial charge in [0.25, 0.3) is 0 Å². The van der Waals surface area contributed by atoms with Gasteiger partial charge in [-0.15, -0.1) is 0 Å². The lowest BCUT2D eigenvalue weighted by Crippen LogP contribution is -2.05. The van der Waals surface area contributed by atoms with Crippen LogP contribution < -0.4 is 5.73 Å². The zero-order chi connectivity index (χ0) is 14.0. The van der Waals surface area contributed by atoms with Crippen LogP contribution in [0.2, 0.25) is 5.02 Å². The predicted octanol–water partition coefficient (Wildman–Crippen LogP) is 3.69. The smallest absolute Gasteiger partial charge is 0.134 e. The highest BCUT2D eigenvalue weighted by molar-refractivity contribution is 7.99. The number of nitrogens with zero attached hydrogens (tertiary/aromatic N) is 3. The second-order valence-corrected chi connectivity index (χ2v) is 5.91. The lowest BCUT2D eigenvalue weighted by atomic mass is 10.2. The molecule has 2 rings (SSSR count). The van der Waals surface area contributed by atoms with E-state index in [4.69, 9.17) is 17.3 Å². The normalized spacial score (nSPS) is 11.0. The van der Waals surface area contributed by atoms with Crippen molar-refractivity contribution < 1.29 is 0 Å². The number of aromatic nitrogens is 3. The molecule has 0 aliphatic carbocycles. The first kappa shape index (κ1) is 14.1. The Labute approximate surface area is 121 Å². The van der Waals surface area contributed by atoms with Crippen LogP contribution in [0, 0.1) is 6.92 Å². The number of halogens is 1. The SMILES string of the molecule is Cc1c(N)nc(C(C)C)nc1Sc1ccc(Cl)cn1. The maximum Gasteiger partial charge on any atom is 0.134 e. The first-order chi connectivity index (χ1) is 8.97. The molecule has 0 radical (unpaired) electrons. The fourth-order valence-electron chi connectivity index (χ4n) is 1.41. The highest BCUT2D eigenvalue weighted by Gasteiger charge is 2.12. The zero-order valence-corrected chi connectivity index (χ0v) is 12.6. The molecule has 2 aromatic heterocycles. The Bertz CT molecular complexity index is 584. The predicted molar refractivity (Wildman–Crippen MR) is 78.6 cm³/mol. The molecule has 0 unspecified atom stereocenters. The summed E-state index contributed by atoms with van der Waals surface area (Å²) in [5, 5.41) is 2.29. The van der Waals surface area contributed by atoms with E-state index in [9.17, 15) is 0 Å². The first-order valence-corrected chi connectivity index (χ1v) is 7.10. The van der Waals surface area contributed by atoms with Gasteiger partial charge in [-0.25, -0.2) is 15.0 Å². The van der Waals surface area contributed by atoms with Gasteiger partial charge in [0, 0.05) is 17.7 Å². The molecule has 0 aromatic carbocycles. The molecular weight excluding hydrogens is 280 g/mol. The molecule has 2 N–H and O–H groups in total. The van der Waals surface area contributed by atoms with E-state index in [1.807, 2.05) is 26.8 Å². The van der Waals surface area contributed by atoms with Crippen LogP contribution in [0.5, 0.6) is 0 Å². The zero-order valence-electron chi connectivity index (χ0n) is 11.0. The van der Waals surface area contributed by atoms with Gasteiger partial charge in [-0.05, 0) is 30.8 Å². The van der Waals surface area contributed by atoms with Gasteiger partial charge < -0.3 is 5.73 Å². The monoisotopic (exact) mass is 294 g/mol. The number of nitrogens with two attached hydrogens (primary N) is 1. The molecule has 0 bridgehead atoms. The van der Waals surface area contributed by atoms with Crippen LogP contribution >= 0.6 is 23.4 Å². The molecule has 19 heavy (non-hydrogen) atoms. The maximum atomic E-state index is 5.93. The van der Waals surface area contributed by atoms with E-state index in [0.29, 0.717) is 10.8 Å². The van der Waals surface area contributed by atoms with Crippen molar-refractivity contribution in [2.24, 2.45) is 0 Å². The van der Waals surface area contributed by atoms with E-state index in [0.717, 1.165) is 21.4 Å². The second-order valence-electron chi connectivity index (χ2n) is 4.47. The van der Waals surface area contributed by atoms with Crippen molar-refractivity contribution in [3.8, 4) is 0 Å². The largest absolute Gasteiger partial charge is 0.383 e. The summed E-state index contributed by atoms with van der Waals surface area (Å²) in [7, 11) is 0. The van der Waals surface area contributed by atoms with E-state index in [1.165, 1.54) is 11.8 Å². The Morgan fingerprint density at radius 2 is 2.00 bits per heavy atom. The molecule has 6 heteroatoms. The molecule has 0 aliphatic heterocycles. The van der Waals surface area contributed by atoms with Gasteiger partial charge in [-0.1, -0.05) is 25.4 Å². The minimum absolute atomic E-state index is 0.237. The van der Waals surface area contributed by atoms with Crippen molar-refractivity contribution in [1.82, 2.24) is 15.0 Å². The van der Waals surface area contributed by atoms with Crippen molar-refractivity contribution in [2.75, 3.05) is 5.73 Å². The Hall–Kier alpha value is -1.33. The molecule has 0 saturated heterocycles. The quantitative estimate of drug-likeness (QED) is 0.875. The summed E-state index contributed by atoms with van der Waals surface area (Å²) >= 11 is 7.29. The van der Waals surface area contributed by atoms with Crippen molar-refractivity contribution in [2.45, 2.75) is 36.7 Å². The van der Waals surface area contributed by atoms with E-state index >= 15 is 0 Å². The molecule has 0 amide bonds. The highest BCUT2D eigenvalue weighted by atomic mass is 35.5. The third-order valence-electron chi connectivity index (χ3n) is 2.57. The minimum atomic E-state index is 0.237. The summed E-state index contributed by atoms with van der Waals surface area (Å²) in [4.78, 5) is 13.1. The third kappa shape index (κ3) is 3.36. The molecule has 0 atom stereocenters. The van der Waals surface area contributed by atoms with Crippen LogP contribution in [-0.4, -0.2) is 15.0 Å². The van der Waals surface area contributed by atoms with Crippen molar-refractivity contribution in [3.05, 3.63) is 34.7 Å². The van der Waals surface area contributed by atoms with E-state index in [2.05, 4.69) is 15.0 Å². The maximum absolute atomic E-state index is 5.93. The molecule has 2 heterocycles.